The lowest BCUT2D eigenvalue weighted by atomic mass is 10.2. The number of hydrogen-bond donors (Lipinski definition) is 2. The lowest BCUT2D eigenvalue weighted by molar-refractivity contribution is 0.0526. The Balaban J connectivity index is 2.07. The first-order valence-electron chi connectivity index (χ1n) is 7.11. The van der Waals surface area contributed by atoms with Crippen molar-refractivity contribution in [3.05, 3.63) is 58.6 Å². The average Bonchev–Trinajstić information content (AvgIpc) is 2.51. The van der Waals surface area contributed by atoms with Gasteiger partial charge in [-0.05, 0) is 56.4 Å². The minimum absolute atomic E-state index is 0.292. The number of benzene rings is 2. The molecule has 0 saturated heterocycles. The van der Waals surface area contributed by atoms with E-state index in [1.807, 2.05) is 31.2 Å². The Morgan fingerprint density at radius 2 is 1.74 bits per heavy atom. The van der Waals surface area contributed by atoms with Crippen molar-refractivity contribution in [3.63, 3.8) is 0 Å². The van der Waals surface area contributed by atoms with Gasteiger partial charge in [-0.3, -0.25) is 0 Å². The van der Waals surface area contributed by atoms with E-state index in [0.717, 1.165) is 5.69 Å². The molecule has 6 heteroatoms. The van der Waals surface area contributed by atoms with E-state index in [4.69, 9.17) is 28.6 Å². The van der Waals surface area contributed by atoms with Gasteiger partial charge in [0.2, 0.25) is 0 Å². The summed E-state index contributed by atoms with van der Waals surface area (Å²) in [6.45, 7) is 4.06. The summed E-state index contributed by atoms with van der Waals surface area (Å²) in [5.41, 5.74) is 3.01. The molecule has 0 aliphatic rings. The van der Waals surface area contributed by atoms with Crippen LogP contribution < -0.4 is 10.6 Å². The summed E-state index contributed by atoms with van der Waals surface area (Å²) >= 11 is 11.3. The largest absolute Gasteiger partial charge is 0.462 e. The maximum atomic E-state index is 11.8. The number of halogens is 1. The van der Waals surface area contributed by atoms with Gasteiger partial charge in [-0.1, -0.05) is 29.3 Å². The molecule has 0 atom stereocenters. The van der Waals surface area contributed by atoms with Crippen LogP contribution in [0.2, 0.25) is 5.02 Å². The summed E-state index contributed by atoms with van der Waals surface area (Å²) in [4.78, 5) is 11.8. The minimum atomic E-state index is -0.460. The summed E-state index contributed by atoms with van der Waals surface area (Å²) < 4.78 is 4.98. The zero-order valence-corrected chi connectivity index (χ0v) is 14.4. The summed E-state index contributed by atoms with van der Waals surface area (Å²) in [6, 6.07) is 12.9. The molecule has 0 aliphatic heterocycles. The van der Waals surface area contributed by atoms with E-state index in [0.29, 0.717) is 28.0 Å². The molecule has 0 amide bonds. The van der Waals surface area contributed by atoms with Crippen LogP contribution in [-0.4, -0.2) is 17.7 Å². The molecule has 0 aliphatic carbocycles. The molecule has 0 fully saturated rings. The summed E-state index contributed by atoms with van der Waals surface area (Å²) in [5.74, 6) is -0.460. The maximum absolute atomic E-state index is 11.8. The topological polar surface area (TPSA) is 50.4 Å². The standard InChI is InChI=1S/C17H17ClN2O2S/c1-3-22-16(21)14-10-13(8-9-15(14)18)20-17(23)19-12-6-4-11(2)5-7-12/h4-10H,3H2,1-2H3,(H2,19,20,23). The Kier molecular flexibility index (Phi) is 5.96. The van der Waals surface area contributed by atoms with Gasteiger partial charge in [-0.15, -0.1) is 0 Å². The van der Waals surface area contributed by atoms with Gasteiger partial charge in [0, 0.05) is 11.4 Å². The number of carbonyl (C=O) groups is 1. The molecule has 23 heavy (non-hydrogen) atoms. The fraction of sp³-hybridized carbons (Fsp3) is 0.176. The van der Waals surface area contributed by atoms with Crippen molar-refractivity contribution in [3.8, 4) is 0 Å². The smallest absolute Gasteiger partial charge is 0.339 e. The molecule has 2 rings (SSSR count). The van der Waals surface area contributed by atoms with Crippen LogP contribution in [0.3, 0.4) is 0 Å². The predicted molar refractivity (Wildman–Crippen MR) is 98.4 cm³/mol. The van der Waals surface area contributed by atoms with Crippen LogP contribution in [0.1, 0.15) is 22.8 Å². The third-order valence-electron chi connectivity index (χ3n) is 3.03. The van der Waals surface area contributed by atoms with E-state index in [1.165, 1.54) is 5.56 Å². The third-order valence-corrected chi connectivity index (χ3v) is 3.56. The van der Waals surface area contributed by atoms with Gasteiger partial charge < -0.3 is 15.4 Å². The molecule has 2 aromatic carbocycles. The number of hydrogen-bond acceptors (Lipinski definition) is 3. The normalized spacial score (nSPS) is 10.0. The zero-order valence-electron chi connectivity index (χ0n) is 12.9. The van der Waals surface area contributed by atoms with E-state index in [9.17, 15) is 4.79 Å². The SMILES string of the molecule is CCOC(=O)c1cc(NC(=S)Nc2ccc(C)cc2)ccc1Cl. The van der Waals surface area contributed by atoms with Crippen molar-refractivity contribution in [2.45, 2.75) is 13.8 Å². The molecule has 0 spiro atoms. The Labute approximate surface area is 145 Å². The second kappa shape index (κ2) is 7.94. The van der Waals surface area contributed by atoms with Crippen molar-refractivity contribution in [2.75, 3.05) is 17.2 Å². The highest BCUT2D eigenvalue weighted by Gasteiger charge is 2.12. The summed E-state index contributed by atoms with van der Waals surface area (Å²) in [7, 11) is 0. The molecular formula is C17H17ClN2O2S. The van der Waals surface area contributed by atoms with E-state index in [-0.39, 0.29) is 0 Å². The highest BCUT2D eigenvalue weighted by Crippen LogP contribution is 2.22. The highest BCUT2D eigenvalue weighted by atomic mass is 35.5. The van der Waals surface area contributed by atoms with Crippen molar-refractivity contribution in [1.82, 2.24) is 0 Å². The molecule has 0 bridgehead atoms. The Bertz CT molecular complexity index is 717. The monoisotopic (exact) mass is 348 g/mol. The molecular weight excluding hydrogens is 332 g/mol. The zero-order chi connectivity index (χ0) is 16.8. The molecule has 2 aromatic rings. The molecule has 0 radical (unpaired) electrons. The van der Waals surface area contributed by atoms with Crippen LogP contribution in [0.15, 0.2) is 42.5 Å². The first-order chi connectivity index (χ1) is 11.0. The lowest BCUT2D eigenvalue weighted by Crippen LogP contribution is -2.19. The average molecular weight is 349 g/mol. The van der Waals surface area contributed by atoms with Crippen LogP contribution in [0.25, 0.3) is 0 Å². The van der Waals surface area contributed by atoms with E-state index < -0.39 is 5.97 Å². The Hall–Kier alpha value is -2.11. The maximum Gasteiger partial charge on any atom is 0.339 e. The Morgan fingerprint density at radius 1 is 1.13 bits per heavy atom. The van der Waals surface area contributed by atoms with E-state index in [1.54, 1.807) is 25.1 Å². The van der Waals surface area contributed by atoms with Crippen molar-refractivity contribution < 1.29 is 9.53 Å². The van der Waals surface area contributed by atoms with Gasteiger partial charge in [0.15, 0.2) is 5.11 Å². The quantitative estimate of drug-likeness (QED) is 0.623. The molecule has 0 saturated carbocycles. The fourth-order valence-electron chi connectivity index (χ4n) is 1.90. The molecule has 2 N–H and O–H groups in total. The van der Waals surface area contributed by atoms with Crippen LogP contribution in [0, 0.1) is 6.92 Å². The van der Waals surface area contributed by atoms with Crippen molar-refractivity contribution in [1.29, 1.82) is 0 Å². The first kappa shape index (κ1) is 17.2. The number of anilines is 2. The third kappa shape index (κ3) is 4.94. The van der Waals surface area contributed by atoms with E-state index >= 15 is 0 Å². The van der Waals surface area contributed by atoms with Gasteiger partial charge in [0.1, 0.15) is 0 Å². The van der Waals surface area contributed by atoms with Crippen LogP contribution in [-0.2, 0) is 4.74 Å². The van der Waals surface area contributed by atoms with Crippen molar-refractivity contribution >= 4 is 46.3 Å². The number of thiocarbonyl (C=S) groups is 1. The number of carbonyl (C=O) groups excluding carboxylic acids is 1. The number of aryl methyl sites for hydroxylation is 1. The lowest BCUT2D eigenvalue weighted by Gasteiger charge is -2.12. The number of ether oxygens (including phenoxy) is 1. The fourth-order valence-corrected chi connectivity index (χ4v) is 2.33. The van der Waals surface area contributed by atoms with E-state index in [2.05, 4.69) is 10.6 Å². The predicted octanol–water partition coefficient (Wildman–Crippen LogP) is 4.63. The first-order valence-corrected chi connectivity index (χ1v) is 7.89. The molecule has 4 nitrogen and oxygen atoms in total. The number of nitrogens with one attached hydrogen (secondary N) is 2. The second-order valence-corrected chi connectivity index (χ2v) is 5.68. The van der Waals surface area contributed by atoms with Crippen LogP contribution in [0.5, 0.6) is 0 Å². The van der Waals surface area contributed by atoms with Crippen LogP contribution >= 0.6 is 23.8 Å². The number of rotatable bonds is 4. The second-order valence-electron chi connectivity index (χ2n) is 4.86. The van der Waals surface area contributed by atoms with Gasteiger partial charge in [-0.2, -0.15) is 0 Å². The van der Waals surface area contributed by atoms with Gasteiger partial charge in [0.05, 0.1) is 17.2 Å². The Morgan fingerprint density at radius 3 is 2.39 bits per heavy atom. The minimum Gasteiger partial charge on any atom is -0.462 e. The van der Waals surface area contributed by atoms with Crippen LogP contribution in [0.4, 0.5) is 11.4 Å². The van der Waals surface area contributed by atoms with Crippen molar-refractivity contribution in [2.24, 2.45) is 0 Å². The molecule has 0 aromatic heterocycles. The molecule has 0 heterocycles. The molecule has 120 valence electrons. The number of esters is 1. The van der Waals surface area contributed by atoms with Gasteiger partial charge in [0.25, 0.3) is 0 Å². The highest BCUT2D eigenvalue weighted by molar-refractivity contribution is 7.80. The van der Waals surface area contributed by atoms with Gasteiger partial charge >= 0.3 is 5.97 Å². The summed E-state index contributed by atoms with van der Waals surface area (Å²) in [5, 5.41) is 6.86. The van der Waals surface area contributed by atoms with Gasteiger partial charge in [-0.25, -0.2) is 4.79 Å². The molecule has 0 unspecified atom stereocenters. The summed E-state index contributed by atoms with van der Waals surface area (Å²) in [6.07, 6.45) is 0.